The van der Waals surface area contributed by atoms with E-state index in [-0.39, 0.29) is 0 Å². The number of carbonyl (C=O) groups is 1. The number of ether oxygens (including phenoxy) is 2. The van der Waals surface area contributed by atoms with Gasteiger partial charge in [0.25, 0.3) is 0 Å². The number of benzene rings is 2. The highest BCUT2D eigenvalue weighted by Crippen LogP contribution is 2.18. The summed E-state index contributed by atoms with van der Waals surface area (Å²) in [6.07, 6.45) is 0. The van der Waals surface area contributed by atoms with Crippen LogP contribution in [0.4, 0.5) is 0 Å². The highest BCUT2D eigenvalue weighted by molar-refractivity contribution is 5.90. The second-order valence-corrected chi connectivity index (χ2v) is 4.42. The van der Waals surface area contributed by atoms with Gasteiger partial charge in [-0.3, -0.25) is 0 Å². The van der Waals surface area contributed by atoms with Crippen LogP contribution in [0.25, 0.3) is 11.0 Å². The lowest BCUT2D eigenvalue weighted by Gasteiger charge is -2.05. The van der Waals surface area contributed by atoms with E-state index >= 15 is 0 Å². The lowest BCUT2D eigenvalue weighted by atomic mass is 10.2. The molecule has 0 aliphatic rings. The van der Waals surface area contributed by atoms with Crippen molar-refractivity contribution in [3.8, 4) is 11.5 Å². The SMILES string of the molecule is COc1ccc(C(=O)On2nnc3ccc(OC)cc32)cc1. The molecule has 0 unspecified atom stereocenters. The third-order valence-corrected chi connectivity index (χ3v) is 3.12. The molecule has 7 heteroatoms. The van der Waals surface area contributed by atoms with Gasteiger partial charge in [-0.15, -0.1) is 5.10 Å². The quantitative estimate of drug-likeness (QED) is 0.683. The smallest absolute Gasteiger partial charge is 0.365 e. The number of hydrogen-bond donors (Lipinski definition) is 0. The van der Waals surface area contributed by atoms with Crippen LogP contribution in [0.5, 0.6) is 11.5 Å². The van der Waals surface area contributed by atoms with Gasteiger partial charge in [-0.05, 0) is 41.6 Å². The third kappa shape index (κ3) is 2.56. The maximum absolute atomic E-state index is 12.1. The lowest BCUT2D eigenvalue weighted by molar-refractivity contribution is 0.0408. The molecule has 1 heterocycles. The molecule has 7 nitrogen and oxygen atoms in total. The summed E-state index contributed by atoms with van der Waals surface area (Å²) in [6, 6.07) is 11.8. The fraction of sp³-hybridized carbons (Fsp3) is 0.133. The van der Waals surface area contributed by atoms with E-state index < -0.39 is 5.97 Å². The molecule has 2 aromatic carbocycles. The van der Waals surface area contributed by atoms with Crippen LogP contribution in [0.3, 0.4) is 0 Å². The van der Waals surface area contributed by atoms with Gasteiger partial charge in [-0.2, -0.15) is 0 Å². The monoisotopic (exact) mass is 299 g/mol. The molecule has 3 rings (SSSR count). The number of aromatic nitrogens is 3. The van der Waals surface area contributed by atoms with Crippen molar-refractivity contribution in [2.45, 2.75) is 0 Å². The van der Waals surface area contributed by atoms with E-state index in [9.17, 15) is 4.79 Å². The minimum atomic E-state index is -0.544. The van der Waals surface area contributed by atoms with Crippen LogP contribution in [-0.2, 0) is 0 Å². The molecule has 0 atom stereocenters. The number of methoxy groups -OCH3 is 2. The summed E-state index contributed by atoms with van der Waals surface area (Å²) in [7, 11) is 3.11. The Labute approximate surface area is 126 Å². The number of carbonyl (C=O) groups excluding carboxylic acids is 1. The fourth-order valence-electron chi connectivity index (χ4n) is 1.93. The minimum Gasteiger partial charge on any atom is -0.497 e. The first-order valence-corrected chi connectivity index (χ1v) is 6.47. The minimum absolute atomic E-state index is 0.382. The molecule has 0 fully saturated rings. The molecule has 0 radical (unpaired) electrons. The second-order valence-electron chi connectivity index (χ2n) is 4.42. The van der Waals surface area contributed by atoms with Gasteiger partial charge in [0.15, 0.2) is 0 Å². The van der Waals surface area contributed by atoms with E-state index in [2.05, 4.69) is 10.3 Å². The molecule has 0 spiro atoms. The average Bonchev–Trinajstić information content (AvgIpc) is 2.97. The summed E-state index contributed by atoms with van der Waals surface area (Å²) in [5.74, 6) is 0.737. The Bertz CT molecular complexity index is 811. The predicted molar refractivity (Wildman–Crippen MR) is 78.0 cm³/mol. The van der Waals surface area contributed by atoms with Gasteiger partial charge in [-0.25, -0.2) is 4.79 Å². The predicted octanol–water partition coefficient (Wildman–Crippen LogP) is 1.72. The molecule has 0 saturated carbocycles. The molecular weight excluding hydrogens is 286 g/mol. The van der Waals surface area contributed by atoms with Crippen LogP contribution in [-0.4, -0.2) is 35.3 Å². The summed E-state index contributed by atoms with van der Waals surface area (Å²) in [5.41, 5.74) is 1.52. The highest BCUT2D eigenvalue weighted by atomic mass is 16.7. The van der Waals surface area contributed by atoms with Gasteiger partial charge < -0.3 is 14.3 Å². The number of fused-ring (bicyclic) bond motifs is 1. The van der Waals surface area contributed by atoms with Crippen LogP contribution < -0.4 is 14.3 Å². The van der Waals surface area contributed by atoms with E-state index in [4.69, 9.17) is 14.3 Å². The Morgan fingerprint density at radius 2 is 1.68 bits per heavy atom. The molecular formula is C15H13N3O4. The zero-order valence-electron chi connectivity index (χ0n) is 12.0. The topological polar surface area (TPSA) is 75.5 Å². The van der Waals surface area contributed by atoms with Gasteiger partial charge in [-0.1, -0.05) is 4.85 Å². The maximum atomic E-state index is 12.1. The number of hydrogen-bond acceptors (Lipinski definition) is 6. The van der Waals surface area contributed by atoms with Crippen LogP contribution in [0, 0.1) is 0 Å². The van der Waals surface area contributed by atoms with Crippen molar-refractivity contribution in [1.29, 1.82) is 0 Å². The van der Waals surface area contributed by atoms with Crippen LogP contribution in [0.2, 0.25) is 0 Å². The normalized spacial score (nSPS) is 10.5. The molecule has 0 aliphatic carbocycles. The maximum Gasteiger partial charge on any atom is 0.365 e. The van der Waals surface area contributed by atoms with Crippen LogP contribution in [0.1, 0.15) is 10.4 Å². The lowest BCUT2D eigenvalue weighted by Crippen LogP contribution is -2.21. The Morgan fingerprint density at radius 3 is 2.36 bits per heavy atom. The zero-order valence-corrected chi connectivity index (χ0v) is 12.0. The molecule has 1 aromatic heterocycles. The van der Waals surface area contributed by atoms with Crippen molar-refractivity contribution < 1.29 is 19.1 Å². The molecule has 0 saturated heterocycles. The molecule has 0 amide bonds. The van der Waals surface area contributed by atoms with Crippen molar-refractivity contribution in [3.63, 3.8) is 0 Å². The van der Waals surface area contributed by atoms with Gasteiger partial charge in [0, 0.05) is 6.07 Å². The van der Waals surface area contributed by atoms with E-state index in [1.165, 1.54) is 0 Å². The van der Waals surface area contributed by atoms with E-state index in [0.29, 0.717) is 28.1 Å². The van der Waals surface area contributed by atoms with E-state index in [1.807, 2.05) is 0 Å². The van der Waals surface area contributed by atoms with Crippen molar-refractivity contribution in [2.75, 3.05) is 14.2 Å². The largest absolute Gasteiger partial charge is 0.497 e. The van der Waals surface area contributed by atoms with E-state index in [0.717, 1.165) is 4.85 Å². The standard InChI is InChI=1S/C15H13N3O4/c1-20-11-5-3-10(4-6-11)15(19)22-18-14-9-12(21-2)7-8-13(14)16-17-18/h3-9H,1-2H3. The van der Waals surface area contributed by atoms with Crippen molar-refractivity contribution in [3.05, 3.63) is 48.0 Å². The average molecular weight is 299 g/mol. The zero-order chi connectivity index (χ0) is 15.5. The molecule has 22 heavy (non-hydrogen) atoms. The Kier molecular flexibility index (Phi) is 3.61. The van der Waals surface area contributed by atoms with Crippen molar-refractivity contribution in [1.82, 2.24) is 15.2 Å². The number of nitrogens with zero attached hydrogens (tertiary/aromatic N) is 3. The molecule has 0 N–H and O–H groups in total. The first-order chi connectivity index (χ1) is 10.7. The van der Waals surface area contributed by atoms with Crippen LogP contribution >= 0.6 is 0 Å². The summed E-state index contributed by atoms with van der Waals surface area (Å²) >= 11 is 0. The van der Waals surface area contributed by atoms with Gasteiger partial charge in [0.1, 0.15) is 22.5 Å². The third-order valence-electron chi connectivity index (χ3n) is 3.12. The second kappa shape index (κ2) is 5.72. The molecule has 112 valence electrons. The van der Waals surface area contributed by atoms with Gasteiger partial charge >= 0.3 is 5.97 Å². The molecule has 0 aliphatic heterocycles. The number of rotatable bonds is 4. The van der Waals surface area contributed by atoms with Gasteiger partial charge in [0.05, 0.1) is 19.8 Å². The first-order valence-electron chi connectivity index (χ1n) is 6.47. The Hall–Kier alpha value is -3.09. The van der Waals surface area contributed by atoms with Crippen LogP contribution in [0.15, 0.2) is 42.5 Å². The summed E-state index contributed by atoms with van der Waals surface area (Å²) in [5, 5.41) is 7.74. The Morgan fingerprint density at radius 1 is 1.00 bits per heavy atom. The molecule has 3 aromatic rings. The van der Waals surface area contributed by atoms with E-state index in [1.54, 1.807) is 56.7 Å². The first kappa shape index (κ1) is 13.9. The highest BCUT2D eigenvalue weighted by Gasteiger charge is 2.13. The van der Waals surface area contributed by atoms with Gasteiger partial charge in [0.2, 0.25) is 0 Å². The fourth-order valence-corrected chi connectivity index (χ4v) is 1.93. The summed E-state index contributed by atoms with van der Waals surface area (Å²) < 4.78 is 10.2. The molecule has 0 bridgehead atoms. The summed E-state index contributed by atoms with van der Waals surface area (Å²) in [6.45, 7) is 0. The Balaban J connectivity index is 1.86. The summed E-state index contributed by atoms with van der Waals surface area (Å²) in [4.78, 5) is 18.4. The van der Waals surface area contributed by atoms with Crippen molar-refractivity contribution >= 4 is 17.0 Å². The van der Waals surface area contributed by atoms with Crippen molar-refractivity contribution in [2.24, 2.45) is 0 Å².